The zero-order chi connectivity index (χ0) is 20.4. The summed E-state index contributed by atoms with van der Waals surface area (Å²) < 4.78 is 5.67. The SMILES string of the molecule is O=C(c1cc(=O)c2cc(Cl)ccc2o1)N1CCC(C(=O)N2CCCCCC2)CC1. The number of hydrogen-bond acceptors (Lipinski definition) is 4. The van der Waals surface area contributed by atoms with Gasteiger partial charge in [-0.2, -0.15) is 0 Å². The highest BCUT2D eigenvalue weighted by Gasteiger charge is 2.31. The van der Waals surface area contributed by atoms with E-state index in [1.54, 1.807) is 17.0 Å². The molecule has 2 aliphatic heterocycles. The molecule has 0 unspecified atom stereocenters. The number of carbonyl (C=O) groups is 2. The topological polar surface area (TPSA) is 70.8 Å². The molecule has 0 spiro atoms. The Labute approximate surface area is 174 Å². The molecular weight excluding hydrogens is 392 g/mol. The van der Waals surface area contributed by atoms with E-state index in [1.807, 2.05) is 4.90 Å². The lowest BCUT2D eigenvalue weighted by Gasteiger charge is -2.33. The second-order valence-electron chi connectivity index (χ2n) is 7.92. The largest absolute Gasteiger partial charge is 0.451 e. The summed E-state index contributed by atoms with van der Waals surface area (Å²) in [6.45, 7) is 2.69. The number of hydrogen-bond donors (Lipinski definition) is 0. The minimum absolute atomic E-state index is 0.0251. The molecule has 2 fully saturated rings. The van der Waals surface area contributed by atoms with Crippen molar-refractivity contribution in [1.29, 1.82) is 0 Å². The lowest BCUT2D eigenvalue weighted by molar-refractivity contribution is -0.136. The summed E-state index contributed by atoms with van der Waals surface area (Å²) in [6, 6.07) is 6.00. The molecule has 2 aliphatic rings. The molecule has 3 heterocycles. The molecule has 0 saturated carbocycles. The Balaban J connectivity index is 1.42. The van der Waals surface area contributed by atoms with Gasteiger partial charge in [-0.15, -0.1) is 0 Å². The fourth-order valence-electron chi connectivity index (χ4n) is 4.27. The van der Waals surface area contributed by atoms with E-state index in [0.29, 0.717) is 41.9 Å². The van der Waals surface area contributed by atoms with E-state index in [2.05, 4.69) is 0 Å². The molecule has 0 aliphatic carbocycles. The van der Waals surface area contributed by atoms with Crippen LogP contribution in [0.5, 0.6) is 0 Å². The third-order valence-electron chi connectivity index (χ3n) is 5.95. The van der Waals surface area contributed by atoms with Crippen LogP contribution in [-0.2, 0) is 4.79 Å². The van der Waals surface area contributed by atoms with Gasteiger partial charge in [-0.05, 0) is 43.9 Å². The van der Waals surface area contributed by atoms with Crippen molar-refractivity contribution in [2.24, 2.45) is 5.92 Å². The van der Waals surface area contributed by atoms with Gasteiger partial charge in [-0.3, -0.25) is 14.4 Å². The Bertz CT molecular complexity index is 970. The third-order valence-corrected chi connectivity index (χ3v) is 6.18. The van der Waals surface area contributed by atoms with Gasteiger partial charge in [0.2, 0.25) is 5.91 Å². The molecule has 7 heteroatoms. The number of likely N-dealkylation sites (tertiary alicyclic amines) is 2. The van der Waals surface area contributed by atoms with Gasteiger partial charge in [0, 0.05) is 43.2 Å². The maximum atomic E-state index is 12.9. The van der Waals surface area contributed by atoms with E-state index in [0.717, 1.165) is 25.9 Å². The van der Waals surface area contributed by atoms with Crippen LogP contribution in [0.4, 0.5) is 0 Å². The Kier molecular flexibility index (Phi) is 5.90. The molecule has 2 saturated heterocycles. The molecule has 1 aromatic carbocycles. The van der Waals surface area contributed by atoms with Gasteiger partial charge >= 0.3 is 0 Å². The Hall–Kier alpha value is -2.34. The van der Waals surface area contributed by atoms with Crippen molar-refractivity contribution in [1.82, 2.24) is 9.80 Å². The van der Waals surface area contributed by atoms with Crippen molar-refractivity contribution >= 4 is 34.4 Å². The molecule has 29 heavy (non-hydrogen) atoms. The number of benzene rings is 1. The first-order chi connectivity index (χ1) is 14.0. The van der Waals surface area contributed by atoms with E-state index in [1.165, 1.54) is 25.0 Å². The minimum atomic E-state index is -0.306. The summed E-state index contributed by atoms with van der Waals surface area (Å²) in [4.78, 5) is 41.7. The predicted octanol–water partition coefficient (Wildman–Crippen LogP) is 3.70. The van der Waals surface area contributed by atoms with E-state index >= 15 is 0 Å². The smallest absolute Gasteiger partial charge is 0.289 e. The monoisotopic (exact) mass is 416 g/mol. The van der Waals surface area contributed by atoms with E-state index in [-0.39, 0.29) is 28.9 Å². The van der Waals surface area contributed by atoms with Gasteiger partial charge in [0.25, 0.3) is 5.91 Å². The fourth-order valence-corrected chi connectivity index (χ4v) is 4.44. The van der Waals surface area contributed by atoms with E-state index < -0.39 is 0 Å². The van der Waals surface area contributed by atoms with Crippen molar-refractivity contribution in [3.8, 4) is 0 Å². The van der Waals surface area contributed by atoms with Crippen molar-refractivity contribution in [3.05, 3.63) is 45.3 Å². The first-order valence-corrected chi connectivity index (χ1v) is 10.7. The standard InChI is InChI=1S/C22H25ClN2O4/c23-16-5-6-19-17(13-16)18(26)14-20(29-19)22(28)25-11-7-15(8-12-25)21(27)24-9-3-1-2-4-10-24/h5-6,13-15H,1-4,7-12H2. The normalized spacial score (nSPS) is 18.7. The molecular formula is C22H25ClN2O4. The molecule has 0 radical (unpaired) electrons. The molecule has 0 N–H and O–H groups in total. The minimum Gasteiger partial charge on any atom is -0.451 e. The first kappa shape index (κ1) is 20.0. The van der Waals surface area contributed by atoms with Crippen LogP contribution in [0.1, 0.15) is 49.1 Å². The lowest BCUT2D eigenvalue weighted by atomic mass is 9.95. The van der Waals surface area contributed by atoms with Gasteiger partial charge in [0.05, 0.1) is 5.39 Å². The zero-order valence-electron chi connectivity index (χ0n) is 16.4. The van der Waals surface area contributed by atoms with Crippen LogP contribution in [0.25, 0.3) is 11.0 Å². The number of piperidine rings is 1. The summed E-state index contributed by atoms with van der Waals surface area (Å²) in [5, 5.41) is 0.802. The zero-order valence-corrected chi connectivity index (χ0v) is 17.1. The quantitative estimate of drug-likeness (QED) is 0.748. The summed E-state index contributed by atoms with van der Waals surface area (Å²) in [7, 11) is 0. The highest BCUT2D eigenvalue weighted by Crippen LogP contribution is 2.24. The second-order valence-corrected chi connectivity index (χ2v) is 8.36. The number of nitrogens with zero attached hydrogens (tertiary/aromatic N) is 2. The maximum Gasteiger partial charge on any atom is 0.289 e. The lowest BCUT2D eigenvalue weighted by Crippen LogP contribution is -2.44. The highest BCUT2D eigenvalue weighted by atomic mass is 35.5. The van der Waals surface area contributed by atoms with E-state index in [9.17, 15) is 14.4 Å². The highest BCUT2D eigenvalue weighted by molar-refractivity contribution is 6.31. The number of carbonyl (C=O) groups excluding carboxylic acids is 2. The van der Waals surface area contributed by atoms with Gasteiger partial charge in [-0.25, -0.2) is 0 Å². The van der Waals surface area contributed by atoms with Crippen LogP contribution in [-0.4, -0.2) is 47.8 Å². The average molecular weight is 417 g/mol. The summed E-state index contributed by atoms with van der Waals surface area (Å²) in [5.74, 6) is -0.0715. The van der Waals surface area contributed by atoms with Crippen LogP contribution in [0.15, 0.2) is 33.5 Å². The number of halogens is 1. The van der Waals surface area contributed by atoms with Crippen LogP contribution in [0.3, 0.4) is 0 Å². The van der Waals surface area contributed by atoms with Gasteiger partial charge in [-0.1, -0.05) is 24.4 Å². The maximum absolute atomic E-state index is 12.9. The fraction of sp³-hybridized carbons (Fsp3) is 0.500. The Morgan fingerprint density at radius 1 is 0.931 bits per heavy atom. The van der Waals surface area contributed by atoms with Crippen molar-refractivity contribution in [2.75, 3.05) is 26.2 Å². The molecule has 2 amide bonds. The van der Waals surface area contributed by atoms with Crippen molar-refractivity contribution in [2.45, 2.75) is 38.5 Å². The van der Waals surface area contributed by atoms with Crippen molar-refractivity contribution in [3.63, 3.8) is 0 Å². The number of fused-ring (bicyclic) bond motifs is 1. The predicted molar refractivity (Wildman–Crippen MR) is 111 cm³/mol. The van der Waals surface area contributed by atoms with Crippen LogP contribution in [0.2, 0.25) is 5.02 Å². The molecule has 4 rings (SSSR count). The van der Waals surface area contributed by atoms with Crippen molar-refractivity contribution < 1.29 is 14.0 Å². The summed E-state index contributed by atoms with van der Waals surface area (Å²) in [5.41, 5.74) is 0.0554. The Morgan fingerprint density at radius 2 is 1.62 bits per heavy atom. The second kappa shape index (κ2) is 8.57. The molecule has 154 valence electrons. The average Bonchev–Trinajstić information content (AvgIpc) is 3.03. The van der Waals surface area contributed by atoms with Crippen LogP contribution < -0.4 is 5.43 Å². The molecule has 6 nitrogen and oxygen atoms in total. The van der Waals surface area contributed by atoms with Gasteiger partial charge in [0.1, 0.15) is 5.58 Å². The van der Waals surface area contributed by atoms with E-state index in [4.69, 9.17) is 16.0 Å². The Morgan fingerprint density at radius 3 is 2.31 bits per heavy atom. The third kappa shape index (κ3) is 4.32. The molecule has 1 aromatic heterocycles. The molecule has 0 atom stereocenters. The van der Waals surface area contributed by atoms with Gasteiger partial charge in [0.15, 0.2) is 11.2 Å². The number of amides is 2. The number of rotatable bonds is 2. The summed E-state index contributed by atoms with van der Waals surface area (Å²) in [6.07, 6.45) is 5.84. The van der Waals surface area contributed by atoms with Gasteiger partial charge < -0.3 is 14.2 Å². The molecule has 2 aromatic rings. The molecule has 0 bridgehead atoms. The van der Waals surface area contributed by atoms with Crippen LogP contribution in [0, 0.1) is 5.92 Å². The summed E-state index contributed by atoms with van der Waals surface area (Å²) >= 11 is 5.93. The van der Waals surface area contributed by atoms with Crippen LogP contribution >= 0.6 is 11.6 Å². The first-order valence-electron chi connectivity index (χ1n) is 10.3.